The van der Waals surface area contributed by atoms with Crippen molar-refractivity contribution in [2.75, 3.05) is 36.4 Å². The average molecular weight is 482 g/mol. The minimum atomic E-state index is -0.704. The fraction of sp³-hybridized carbons (Fsp3) is 0.462. The molecule has 9 nitrogen and oxygen atoms in total. The first-order valence-electron chi connectivity index (χ1n) is 11.9. The summed E-state index contributed by atoms with van der Waals surface area (Å²) in [6, 6.07) is 11.7. The van der Waals surface area contributed by atoms with Crippen LogP contribution in [0, 0.1) is 5.92 Å². The van der Waals surface area contributed by atoms with Crippen LogP contribution in [0.3, 0.4) is 0 Å². The number of ether oxygens (including phenoxy) is 1. The number of hydrogen-bond donors (Lipinski definition) is 2. The number of piperazine rings is 1. The number of anilines is 2. The summed E-state index contributed by atoms with van der Waals surface area (Å²) in [7, 11) is 0. The van der Waals surface area contributed by atoms with Crippen LogP contribution in [0.25, 0.3) is 0 Å². The van der Waals surface area contributed by atoms with Crippen LogP contribution in [0.15, 0.2) is 48.7 Å². The predicted molar refractivity (Wildman–Crippen MR) is 135 cm³/mol. The highest BCUT2D eigenvalue weighted by Crippen LogP contribution is 2.19. The number of rotatable bonds is 6. The summed E-state index contributed by atoms with van der Waals surface area (Å²) >= 11 is 0. The van der Waals surface area contributed by atoms with E-state index in [4.69, 9.17) is 4.74 Å². The van der Waals surface area contributed by atoms with E-state index in [2.05, 4.69) is 20.5 Å². The molecule has 188 valence electrons. The maximum atomic E-state index is 12.9. The van der Waals surface area contributed by atoms with E-state index in [1.807, 2.05) is 46.8 Å². The molecule has 0 aliphatic carbocycles. The molecule has 0 radical (unpaired) electrons. The summed E-state index contributed by atoms with van der Waals surface area (Å²) in [5.41, 5.74) is 0.891. The van der Waals surface area contributed by atoms with Crippen molar-refractivity contribution < 1.29 is 19.1 Å². The normalized spacial score (nSPS) is 14.9. The fourth-order valence-corrected chi connectivity index (χ4v) is 3.67. The number of nitrogens with zero attached hydrogens (tertiary/aromatic N) is 3. The van der Waals surface area contributed by atoms with Crippen molar-refractivity contribution in [3.63, 3.8) is 0 Å². The lowest BCUT2D eigenvalue weighted by Crippen LogP contribution is -2.50. The van der Waals surface area contributed by atoms with Gasteiger partial charge in [0.05, 0.1) is 11.9 Å². The first kappa shape index (κ1) is 26.0. The SMILES string of the molecule is CC(C)C(NC(=O)c1ccccc1)C(=O)Nc1ccc(N2CCN(C(=O)OC(C)(C)C)CC2)cn1. The standard InChI is InChI=1S/C26H35N5O4/c1-18(2)22(29-23(32)19-9-7-6-8-10-19)24(33)28-21-12-11-20(17-27-21)30-13-15-31(16-14-30)25(34)35-26(3,4)5/h6-12,17-18,22H,13-16H2,1-5H3,(H,29,32)(H,27,28,33). The highest BCUT2D eigenvalue weighted by Gasteiger charge is 2.27. The minimum absolute atomic E-state index is 0.108. The minimum Gasteiger partial charge on any atom is -0.444 e. The van der Waals surface area contributed by atoms with E-state index in [0.29, 0.717) is 37.6 Å². The monoisotopic (exact) mass is 481 g/mol. The number of carbonyl (C=O) groups excluding carboxylic acids is 3. The Hall–Kier alpha value is -3.62. The van der Waals surface area contributed by atoms with Gasteiger partial charge in [0.1, 0.15) is 17.5 Å². The molecule has 1 atom stereocenters. The van der Waals surface area contributed by atoms with Gasteiger partial charge in [0.2, 0.25) is 5.91 Å². The molecule has 1 aliphatic rings. The Labute approximate surface area is 206 Å². The highest BCUT2D eigenvalue weighted by molar-refractivity contribution is 6.01. The number of aromatic nitrogens is 1. The summed E-state index contributed by atoms with van der Waals surface area (Å²) in [6.07, 6.45) is 1.40. The largest absolute Gasteiger partial charge is 0.444 e. The Morgan fingerprint density at radius 3 is 2.17 bits per heavy atom. The number of amides is 3. The molecular formula is C26H35N5O4. The zero-order chi connectivity index (χ0) is 25.6. The molecular weight excluding hydrogens is 446 g/mol. The number of carbonyl (C=O) groups is 3. The summed E-state index contributed by atoms with van der Waals surface area (Å²) in [4.78, 5) is 45.9. The van der Waals surface area contributed by atoms with Gasteiger partial charge in [-0.05, 0) is 51.0 Å². The van der Waals surface area contributed by atoms with Crippen LogP contribution in [0.1, 0.15) is 45.0 Å². The molecule has 1 aromatic carbocycles. The number of nitrogens with one attached hydrogen (secondary N) is 2. The van der Waals surface area contributed by atoms with E-state index in [1.165, 1.54) is 0 Å². The van der Waals surface area contributed by atoms with Gasteiger partial charge in [-0.2, -0.15) is 0 Å². The quantitative estimate of drug-likeness (QED) is 0.654. The maximum Gasteiger partial charge on any atom is 0.410 e. The second-order valence-electron chi connectivity index (χ2n) is 9.91. The average Bonchev–Trinajstić information content (AvgIpc) is 2.82. The van der Waals surface area contributed by atoms with Crippen LogP contribution < -0.4 is 15.5 Å². The summed E-state index contributed by atoms with van der Waals surface area (Å²) in [6.45, 7) is 11.8. The fourth-order valence-electron chi connectivity index (χ4n) is 3.67. The van der Waals surface area contributed by atoms with Crippen LogP contribution in [-0.2, 0) is 9.53 Å². The van der Waals surface area contributed by atoms with Gasteiger partial charge in [-0.3, -0.25) is 9.59 Å². The smallest absolute Gasteiger partial charge is 0.410 e. The van der Waals surface area contributed by atoms with Gasteiger partial charge in [0.15, 0.2) is 0 Å². The number of pyridine rings is 1. The molecule has 1 fully saturated rings. The lowest BCUT2D eigenvalue weighted by molar-refractivity contribution is -0.118. The molecule has 1 saturated heterocycles. The van der Waals surface area contributed by atoms with Crippen LogP contribution >= 0.6 is 0 Å². The highest BCUT2D eigenvalue weighted by atomic mass is 16.6. The summed E-state index contributed by atoms with van der Waals surface area (Å²) in [5.74, 6) is -0.322. The van der Waals surface area contributed by atoms with Crippen LogP contribution in [-0.4, -0.2) is 65.6 Å². The Morgan fingerprint density at radius 1 is 0.971 bits per heavy atom. The zero-order valence-electron chi connectivity index (χ0n) is 21.1. The van der Waals surface area contributed by atoms with Crippen molar-refractivity contribution in [3.05, 3.63) is 54.2 Å². The molecule has 2 heterocycles. The topological polar surface area (TPSA) is 104 Å². The van der Waals surface area contributed by atoms with Gasteiger partial charge in [-0.15, -0.1) is 0 Å². The molecule has 3 rings (SSSR count). The third-order valence-corrected chi connectivity index (χ3v) is 5.57. The van der Waals surface area contributed by atoms with E-state index in [1.54, 1.807) is 41.4 Å². The van der Waals surface area contributed by atoms with Crippen molar-refractivity contribution in [3.8, 4) is 0 Å². The van der Waals surface area contributed by atoms with Gasteiger partial charge in [-0.25, -0.2) is 9.78 Å². The van der Waals surface area contributed by atoms with Gasteiger partial charge in [0, 0.05) is 31.7 Å². The molecule has 1 aliphatic heterocycles. The Balaban J connectivity index is 1.55. The lowest BCUT2D eigenvalue weighted by Gasteiger charge is -2.36. The Kier molecular flexibility index (Phi) is 8.32. The van der Waals surface area contributed by atoms with E-state index in [9.17, 15) is 14.4 Å². The number of hydrogen-bond acceptors (Lipinski definition) is 6. The van der Waals surface area contributed by atoms with Gasteiger partial charge in [0.25, 0.3) is 5.91 Å². The Bertz CT molecular complexity index is 1010. The predicted octanol–water partition coefficient (Wildman–Crippen LogP) is 3.53. The molecule has 1 unspecified atom stereocenters. The molecule has 0 spiro atoms. The molecule has 0 saturated carbocycles. The van der Waals surface area contributed by atoms with E-state index in [0.717, 1.165) is 5.69 Å². The van der Waals surface area contributed by atoms with E-state index >= 15 is 0 Å². The van der Waals surface area contributed by atoms with Crippen molar-refractivity contribution in [1.29, 1.82) is 0 Å². The zero-order valence-corrected chi connectivity index (χ0v) is 21.1. The first-order valence-corrected chi connectivity index (χ1v) is 11.9. The Morgan fingerprint density at radius 2 is 1.63 bits per heavy atom. The number of benzene rings is 1. The molecule has 1 aromatic heterocycles. The van der Waals surface area contributed by atoms with Crippen molar-refractivity contribution in [2.24, 2.45) is 5.92 Å². The first-order chi connectivity index (χ1) is 16.5. The second kappa shape index (κ2) is 11.2. The van der Waals surface area contributed by atoms with Crippen molar-refractivity contribution >= 4 is 29.4 Å². The van der Waals surface area contributed by atoms with E-state index < -0.39 is 11.6 Å². The van der Waals surface area contributed by atoms with Crippen LogP contribution in [0.2, 0.25) is 0 Å². The van der Waals surface area contributed by atoms with Gasteiger partial charge in [-0.1, -0.05) is 32.0 Å². The molecule has 2 aromatic rings. The second-order valence-corrected chi connectivity index (χ2v) is 9.91. The van der Waals surface area contributed by atoms with Crippen LogP contribution in [0.5, 0.6) is 0 Å². The third-order valence-electron chi connectivity index (χ3n) is 5.57. The molecule has 35 heavy (non-hydrogen) atoms. The molecule has 2 N–H and O–H groups in total. The van der Waals surface area contributed by atoms with E-state index in [-0.39, 0.29) is 23.8 Å². The third kappa shape index (κ3) is 7.43. The van der Waals surface area contributed by atoms with Crippen LogP contribution in [0.4, 0.5) is 16.3 Å². The summed E-state index contributed by atoms with van der Waals surface area (Å²) < 4.78 is 5.45. The lowest BCUT2D eigenvalue weighted by atomic mass is 10.0. The maximum absolute atomic E-state index is 12.9. The molecule has 0 bridgehead atoms. The van der Waals surface area contributed by atoms with Crippen molar-refractivity contribution in [2.45, 2.75) is 46.3 Å². The molecule has 3 amide bonds. The van der Waals surface area contributed by atoms with Gasteiger partial charge >= 0.3 is 6.09 Å². The van der Waals surface area contributed by atoms with Gasteiger partial charge < -0.3 is 25.2 Å². The molecule has 9 heteroatoms. The summed E-state index contributed by atoms with van der Waals surface area (Å²) in [5, 5.41) is 5.61. The van der Waals surface area contributed by atoms with Crippen molar-refractivity contribution in [1.82, 2.24) is 15.2 Å².